The Morgan fingerprint density at radius 2 is 1.55 bits per heavy atom. The molecule has 2 aromatic carbocycles. The van der Waals surface area contributed by atoms with E-state index in [9.17, 15) is 9.90 Å². The molecule has 1 N–H and O–H groups in total. The van der Waals surface area contributed by atoms with Crippen LogP contribution in [0.25, 0.3) is 11.1 Å². The lowest BCUT2D eigenvalue weighted by Gasteiger charge is -2.13. The van der Waals surface area contributed by atoms with Crippen LogP contribution in [0.5, 0.6) is 0 Å². The Labute approximate surface area is 135 Å². The summed E-state index contributed by atoms with van der Waals surface area (Å²) in [6.45, 7) is 1.84. The predicted octanol–water partition coefficient (Wildman–Crippen LogP) is 5.97. The summed E-state index contributed by atoms with van der Waals surface area (Å²) < 4.78 is 0. The number of hydrogen-bond acceptors (Lipinski definition) is 1. The number of carbonyl (C=O) groups is 1. The number of aryl methyl sites for hydroxylation is 1. The van der Waals surface area contributed by atoms with Gasteiger partial charge in [0.05, 0.1) is 25.7 Å². The van der Waals surface area contributed by atoms with Crippen molar-refractivity contribution in [1.82, 2.24) is 0 Å². The molecule has 0 aliphatic rings. The Kier molecular flexibility index (Phi) is 4.50. The molecule has 0 amide bonds. The maximum atomic E-state index is 11.3. The standard InChI is InChI=1S/C14H8Cl4O2/c1-6-2-3-7(14(19)20)8(4-6)11-12(17)9(15)5-10(16)13(11)18/h2-5H,1H3,(H,19,20). The molecule has 2 aromatic rings. The minimum Gasteiger partial charge on any atom is -0.478 e. The third kappa shape index (κ3) is 2.75. The molecule has 20 heavy (non-hydrogen) atoms. The van der Waals surface area contributed by atoms with Crippen LogP contribution in [-0.4, -0.2) is 11.1 Å². The zero-order valence-corrected chi connectivity index (χ0v) is 13.2. The Hall–Kier alpha value is -0.930. The van der Waals surface area contributed by atoms with Crippen LogP contribution in [0.3, 0.4) is 0 Å². The van der Waals surface area contributed by atoms with Gasteiger partial charge in [-0.25, -0.2) is 4.79 Å². The first-order valence-corrected chi connectivity index (χ1v) is 7.01. The highest BCUT2D eigenvalue weighted by atomic mass is 35.5. The fourth-order valence-corrected chi connectivity index (χ4v) is 2.87. The van der Waals surface area contributed by atoms with Gasteiger partial charge >= 0.3 is 5.97 Å². The molecule has 0 atom stereocenters. The van der Waals surface area contributed by atoms with Crippen molar-refractivity contribution in [3.05, 3.63) is 55.5 Å². The van der Waals surface area contributed by atoms with Gasteiger partial charge < -0.3 is 5.11 Å². The van der Waals surface area contributed by atoms with Crippen LogP contribution in [0.15, 0.2) is 24.3 Å². The number of hydrogen-bond donors (Lipinski definition) is 1. The third-order valence-corrected chi connectivity index (χ3v) is 4.36. The number of carboxylic acid groups (broad SMARTS) is 1. The normalized spacial score (nSPS) is 10.7. The summed E-state index contributed by atoms with van der Waals surface area (Å²) in [5.41, 5.74) is 1.66. The van der Waals surface area contributed by atoms with Crippen molar-refractivity contribution in [3.8, 4) is 11.1 Å². The summed E-state index contributed by atoms with van der Waals surface area (Å²) >= 11 is 24.3. The molecular weight excluding hydrogens is 342 g/mol. The Balaban J connectivity index is 2.88. The molecule has 0 radical (unpaired) electrons. The van der Waals surface area contributed by atoms with E-state index in [2.05, 4.69) is 0 Å². The van der Waals surface area contributed by atoms with Crippen LogP contribution in [-0.2, 0) is 0 Å². The highest BCUT2D eigenvalue weighted by molar-refractivity contribution is 6.50. The van der Waals surface area contributed by atoms with Gasteiger partial charge in [-0.3, -0.25) is 0 Å². The topological polar surface area (TPSA) is 37.3 Å². The largest absolute Gasteiger partial charge is 0.478 e. The molecule has 104 valence electrons. The fraction of sp³-hybridized carbons (Fsp3) is 0.0714. The van der Waals surface area contributed by atoms with Crippen molar-refractivity contribution in [2.24, 2.45) is 0 Å². The first kappa shape index (κ1) is 15.5. The van der Waals surface area contributed by atoms with E-state index in [4.69, 9.17) is 46.4 Å². The van der Waals surface area contributed by atoms with Gasteiger partial charge in [0.25, 0.3) is 0 Å². The summed E-state index contributed by atoms with van der Waals surface area (Å²) in [5, 5.41) is 10.1. The van der Waals surface area contributed by atoms with Gasteiger partial charge in [0.2, 0.25) is 0 Å². The molecule has 0 aliphatic heterocycles. The van der Waals surface area contributed by atoms with E-state index < -0.39 is 5.97 Å². The molecule has 0 bridgehead atoms. The smallest absolute Gasteiger partial charge is 0.336 e. The highest BCUT2D eigenvalue weighted by Crippen LogP contribution is 2.44. The van der Waals surface area contributed by atoms with Crippen molar-refractivity contribution >= 4 is 52.4 Å². The van der Waals surface area contributed by atoms with Crippen LogP contribution in [0, 0.1) is 6.92 Å². The molecule has 2 rings (SSSR count). The predicted molar refractivity (Wildman–Crippen MR) is 83.6 cm³/mol. The lowest BCUT2D eigenvalue weighted by molar-refractivity contribution is 0.0698. The highest BCUT2D eigenvalue weighted by Gasteiger charge is 2.20. The fourth-order valence-electron chi connectivity index (χ4n) is 1.86. The van der Waals surface area contributed by atoms with Gasteiger partial charge in [0.15, 0.2) is 0 Å². The average molecular weight is 350 g/mol. The van der Waals surface area contributed by atoms with Crippen molar-refractivity contribution in [2.45, 2.75) is 6.92 Å². The quantitative estimate of drug-likeness (QED) is 0.677. The summed E-state index contributed by atoms with van der Waals surface area (Å²) in [6, 6.07) is 6.30. The molecular formula is C14H8Cl4O2. The van der Waals surface area contributed by atoms with Crippen LogP contribution < -0.4 is 0 Å². The maximum absolute atomic E-state index is 11.3. The Morgan fingerprint density at radius 3 is 2.05 bits per heavy atom. The maximum Gasteiger partial charge on any atom is 0.336 e. The molecule has 0 spiro atoms. The Morgan fingerprint density at radius 1 is 1.00 bits per heavy atom. The molecule has 0 saturated heterocycles. The van der Waals surface area contributed by atoms with Crippen molar-refractivity contribution in [1.29, 1.82) is 0 Å². The van der Waals surface area contributed by atoms with E-state index in [0.29, 0.717) is 11.1 Å². The molecule has 0 aliphatic carbocycles. The summed E-state index contributed by atoms with van der Waals surface area (Å²) in [7, 11) is 0. The van der Waals surface area contributed by atoms with Gasteiger partial charge in [0, 0.05) is 5.56 Å². The van der Waals surface area contributed by atoms with E-state index in [0.717, 1.165) is 5.56 Å². The molecule has 0 heterocycles. The first-order chi connectivity index (χ1) is 9.32. The van der Waals surface area contributed by atoms with E-state index in [1.54, 1.807) is 12.1 Å². The van der Waals surface area contributed by atoms with E-state index in [1.165, 1.54) is 12.1 Å². The lowest BCUT2D eigenvalue weighted by atomic mass is 9.97. The lowest BCUT2D eigenvalue weighted by Crippen LogP contribution is -2.01. The minimum atomic E-state index is -1.08. The van der Waals surface area contributed by atoms with Crippen molar-refractivity contribution in [3.63, 3.8) is 0 Å². The summed E-state index contributed by atoms with van der Waals surface area (Å²) in [5.74, 6) is -1.08. The second-order valence-electron chi connectivity index (χ2n) is 4.20. The first-order valence-electron chi connectivity index (χ1n) is 5.50. The number of carboxylic acids is 1. The van der Waals surface area contributed by atoms with E-state index in [1.807, 2.05) is 6.92 Å². The van der Waals surface area contributed by atoms with Gasteiger partial charge in [-0.1, -0.05) is 64.1 Å². The van der Waals surface area contributed by atoms with Gasteiger partial charge in [-0.2, -0.15) is 0 Å². The van der Waals surface area contributed by atoms with Crippen LogP contribution in [0.2, 0.25) is 20.1 Å². The molecule has 2 nitrogen and oxygen atoms in total. The van der Waals surface area contributed by atoms with Gasteiger partial charge in [0.1, 0.15) is 0 Å². The molecule has 0 aromatic heterocycles. The molecule has 6 heteroatoms. The van der Waals surface area contributed by atoms with Gasteiger partial charge in [-0.15, -0.1) is 0 Å². The van der Waals surface area contributed by atoms with Crippen molar-refractivity contribution < 1.29 is 9.90 Å². The summed E-state index contributed by atoms with van der Waals surface area (Å²) in [6.07, 6.45) is 0. The minimum absolute atomic E-state index is 0.0812. The second kappa shape index (κ2) is 5.82. The molecule has 0 fully saturated rings. The van der Waals surface area contributed by atoms with Crippen LogP contribution >= 0.6 is 46.4 Å². The zero-order chi connectivity index (χ0) is 15.0. The van der Waals surface area contributed by atoms with Crippen molar-refractivity contribution in [2.75, 3.05) is 0 Å². The second-order valence-corrected chi connectivity index (χ2v) is 5.77. The third-order valence-electron chi connectivity index (χ3n) is 2.79. The summed E-state index contributed by atoms with van der Waals surface area (Å²) in [4.78, 5) is 11.3. The number of rotatable bonds is 2. The van der Waals surface area contributed by atoms with Gasteiger partial charge in [-0.05, 0) is 24.6 Å². The number of aromatic carboxylic acids is 1. The number of benzene rings is 2. The zero-order valence-electron chi connectivity index (χ0n) is 10.2. The molecule has 0 unspecified atom stereocenters. The monoisotopic (exact) mass is 348 g/mol. The van der Waals surface area contributed by atoms with Crippen LogP contribution in [0.1, 0.15) is 15.9 Å². The van der Waals surface area contributed by atoms with E-state index in [-0.39, 0.29) is 25.7 Å². The Bertz CT molecular complexity index is 685. The van der Waals surface area contributed by atoms with Crippen LogP contribution in [0.4, 0.5) is 0 Å². The van der Waals surface area contributed by atoms with E-state index >= 15 is 0 Å². The average Bonchev–Trinajstić information content (AvgIpc) is 2.36. The SMILES string of the molecule is Cc1ccc(C(=O)O)c(-c2c(Cl)c(Cl)cc(Cl)c2Cl)c1. The number of halogens is 4. The molecule has 0 saturated carbocycles.